The van der Waals surface area contributed by atoms with Crippen LogP contribution in [-0.2, 0) is 17.3 Å². The molecule has 0 aliphatic rings. The summed E-state index contributed by atoms with van der Waals surface area (Å²) in [7, 11) is -0.796. The molecule has 0 saturated heterocycles. The van der Waals surface area contributed by atoms with Gasteiger partial charge >= 0.3 is 5.51 Å². The molecule has 0 aromatic heterocycles. The summed E-state index contributed by atoms with van der Waals surface area (Å²) in [5.74, 6) is 0.648. The number of thioether (sulfide) groups is 1. The van der Waals surface area contributed by atoms with Crippen LogP contribution in [0.4, 0.5) is 13.2 Å². The van der Waals surface area contributed by atoms with Gasteiger partial charge in [-0.1, -0.05) is 12.1 Å². The molecule has 1 aromatic rings. The van der Waals surface area contributed by atoms with Gasteiger partial charge in [0, 0.05) is 40.3 Å². The Morgan fingerprint density at radius 1 is 1.30 bits per heavy atom. The Balaban J connectivity index is 2.40. The fraction of sp³-hybridized carbons (Fsp3) is 0.538. The van der Waals surface area contributed by atoms with Crippen molar-refractivity contribution in [3.63, 3.8) is 0 Å². The first-order chi connectivity index (χ1) is 9.26. The molecule has 20 heavy (non-hydrogen) atoms. The SMILES string of the molecule is CC(CCS(C)=O)NCc1ccc(SC(F)(F)F)cc1. The molecule has 0 bridgehead atoms. The van der Waals surface area contributed by atoms with Crippen LogP contribution < -0.4 is 5.32 Å². The highest BCUT2D eigenvalue weighted by Crippen LogP contribution is 2.36. The molecule has 0 spiro atoms. The predicted octanol–water partition coefficient (Wildman–Crippen LogP) is 3.55. The molecule has 0 aliphatic heterocycles. The molecule has 7 heteroatoms. The lowest BCUT2D eigenvalue weighted by atomic mass is 10.2. The summed E-state index contributed by atoms with van der Waals surface area (Å²) >= 11 is -0.109. The van der Waals surface area contributed by atoms with E-state index in [-0.39, 0.29) is 22.7 Å². The van der Waals surface area contributed by atoms with E-state index in [1.807, 2.05) is 6.92 Å². The largest absolute Gasteiger partial charge is 0.446 e. The molecule has 114 valence electrons. The lowest BCUT2D eigenvalue weighted by Crippen LogP contribution is -2.26. The summed E-state index contributed by atoms with van der Waals surface area (Å²) < 4.78 is 47.5. The molecule has 2 nitrogen and oxygen atoms in total. The van der Waals surface area contributed by atoms with Gasteiger partial charge in [0.15, 0.2) is 0 Å². The minimum Gasteiger partial charge on any atom is -0.310 e. The zero-order chi connectivity index (χ0) is 15.2. The van der Waals surface area contributed by atoms with E-state index >= 15 is 0 Å². The molecule has 0 saturated carbocycles. The lowest BCUT2D eigenvalue weighted by Gasteiger charge is -2.13. The Hall–Kier alpha value is -0.530. The third-order valence-corrected chi connectivity index (χ3v) is 4.20. The molecule has 1 aromatic carbocycles. The van der Waals surface area contributed by atoms with Crippen LogP contribution in [0.15, 0.2) is 29.2 Å². The van der Waals surface area contributed by atoms with E-state index in [1.54, 1.807) is 18.4 Å². The first-order valence-corrected chi connectivity index (χ1v) is 8.69. The zero-order valence-electron chi connectivity index (χ0n) is 11.4. The van der Waals surface area contributed by atoms with E-state index in [4.69, 9.17) is 0 Å². The van der Waals surface area contributed by atoms with Crippen molar-refractivity contribution in [3.8, 4) is 0 Å². The Labute approximate surface area is 124 Å². The normalized spacial score (nSPS) is 15.1. The fourth-order valence-electron chi connectivity index (χ4n) is 1.55. The number of halogens is 3. The maximum absolute atomic E-state index is 12.2. The molecule has 0 fully saturated rings. The summed E-state index contributed by atoms with van der Waals surface area (Å²) in [5, 5.41) is 3.26. The number of alkyl halides is 3. The molecule has 0 radical (unpaired) electrons. The van der Waals surface area contributed by atoms with Gasteiger partial charge in [-0.3, -0.25) is 4.21 Å². The van der Waals surface area contributed by atoms with Gasteiger partial charge in [-0.25, -0.2) is 0 Å². The Bertz CT molecular complexity index is 434. The number of hydrogen-bond acceptors (Lipinski definition) is 3. The van der Waals surface area contributed by atoms with Crippen molar-refractivity contribution in [1.29, 1.82) is 0 Å². The summed E-state index contributed by atoms with van der Waals surface area (Å²) in [6.07, 6.45) is 2.48. The van der Waals surface area contributed by atoms with Gasteiger partial charge in [0.1, 0.15) is 0 Å². The summed E-state index contributed by atoms with van der Waals surface area (Å²) in [6, 6.07) is 6.54. The van der Waals surface area contributed by atoms with Gasteiger partial charge in [-0.05, 0) is 42.8 Å². The molecule has 0 heterocycles. The van der Waals surface area contributed by atoms with Gasteiger partial charge < -0.3 is 5.32 Å². The van der Waals surface area contributed by atoms with Gasteiger partial charge in [-0.15, -0.1) is 0 Å². The Morgan fingerprint density at radius 3 is 2.40 bits per heavy atom. The standard InChI is InChI=1S/C13H18F3NOS2/c1-10(7-8-20(2)18)17-9-11-3-5-12(6-4-11)19-13(14,15)16/h3-6,10,17H,7-9H2,1-2H3. The molecule has 2 atom stereocenters. The van der Waals surface area contributed by atoms with Gasteiger partial charge in [-0.2, -0.15) is 13.2 Å². The monoisotopic (exact) mass is 325 g/mol. The van der Waals surface area contributed by atoms with Gasteiger partial charge in [0.05, 0.1) is 0 Å². The van der Waals surface area contributed by atoms with E-state index in [0.29, 0.717) is 12.3 Å². The van der Waals surface area contributed by atoms with Crippen molar-refractivity contribution < 1.29 is 17.4 Å². The van der Waals surface area contributed by atoms with E-state index in [9.17, 15) is 17.4 Å². The van der Waals surface area contributed by atoms with Crippen LogP contribution >= 0.6 is 11.8 Å². The average Bonchev–Trinajstić information content (AvgIpc) is 2.33. The molecular formula is C13H18F3NOS2. The molecule has 0 amide bonds. The summed E-state index contributed by atoms with van der Waals surface area (Å²) in [6.45, 7) is 2.59. The lowest BCUT2D eigenvalue weighted by molar-refractivity contribution is -0.0328. The highest BCUT2D eigenvalue weighted by atomic mass is 32.2. The van der Waals surface area contributed by atoms with E-state index in [2.05, 4.69) is 5.32 Å². The second-order valence-electron chi connectivity index (χ2n) is 4.54. The zero-order valence-corrected chi connectivity index (χ0v) is 13.0. The van der Waals surface area contributed by atoms with Crippen LogP contribution in [0, 0.1) is 0 Å². The van der Waals surface area contributed by atoms with Gasteiger partial charge in [0.2, 0.25) is 0 Å². The number of nitrogens with one attached hydrogen (secondary N) is 1. The number of hydrogen-bond donors (Lipinski definition) is 1. The van der Waals surface area contributed by atoms with Crippen LogP contribution in [-0.4, -0.2) is 27.8 Å². The fourth-order valence-corrected chi connectivity index (χ4v) is 2.77. The van der Waals surface area contributed by atoms with Crippen molar-refractivity contribution in [3.05, 3.63) is 29.8 Å². The van der Waals surface area contributed by atoms with Crippen LogP contribution in [0.3, 0.4) is 0 Å². The van der Waals surface area contributed by atoms with Crippen molar-refractivity contribution in [2.24, 2.45) is 0 Å². The predicted molar refractivity (Wildman–Crippen MR) is 78.2 cm³/mol. The van der Waals surface area contributed by atoms with Crippen LogP contribution in [0.25, 0.3) is 0 Å². The van der Waals surface area contributed by atoms with Crippen molar-refractivity contribution in [1.82, 2.24) is 5.32 Å². The second kappa shape index (κ2) is 8.05. The summed E-state index contributed by atoms with van der Waals surface area (Å²) in [5.41, 5.74) is -3.31. The minimum absolute atomic E-state index is 0.109. The minimum atomic E-state index is -4.25. The maximum Gasteiger partial charge on any atom is 0.446 e. The quantitative estimate of drug-likeness (QED) is 0.778. The third-order valence-electron chi connectivity index (χ3n) is 2.65. The Kier molecular flexibility index (Phi) is 7.05. The first-order valence-electron chi connectivity index (χ1n) is 6.14. The molecule has 2 unspecified atom stereocenters. The third kappa shape index (κ3) is 7.91. The van der Waals surface area contributed by atoms with Gasteiger partial charge in [0.25, 0.3) is 0 Å². The van der Waals surface area contributed by atoms with E-state index in [1.165, 1.54) is 12.1 Å². The number of rotatable bonds is 7. The smallest absolute Gasteiger partial charge is 0.310 e. The number of benzene rings is 1. The average molecular weight is 325 g/mol. The maximum atomic E-state index is 12.2. The van der Waals surface area contributed by atoms with Crippen LogP contribution in [0.2, 0.25) is 0 Å². The van der Waals surface area contributed by atoms with E-state index < -0.39 is 16.3 Å². The summed E-state index contributed by atoms with van der Waals surface area (Å²) in [4.78, 5) is 0.190. The van der Waals surface area contributed by atoms with Crippen molar-refractivity contribution in [2.45, 2.75) is 36.3 Å². The van der Waals surface area contributed by atoms with Crippen LogP contribution in [0.1, 0.15) is 18.9 Å². The highest BCUT2D eigenvalue weighted by Gasteiger charge is 2.28. The Morgan fingerprint density at radius 2 is 1.90 bits per heavy atom. The molecular weight excluding hydrogens is 307 g/mol. The van der Waals surface area contributed by atoms with E-state index in [0.717, 1.165) is 12.0 Å². The topological polar surface area (TPSA) is 29.1 Å². The molecule has 0 aliphatic carbocycles. The van der Waals surface area contributed by atoms with Crippen molar-refractivity contribution >= 4 is 22.6 Å². The highest BCUT2D eigenvalue weighted by molar-refractivity contribution is 8.00. The van der Waals surface area contributed by atoms with Crippen LogP contribution in [0.5, 0.6) is 0 Å². The van der Waals surface area contributed by atoms with Crippen molar-refractivity contribution in [2.75, 3.05) is 12.0 Å². The molecule has 1 rings (SSSR count). The first kappa shape index (κ1) is 17.5. The molecule has 1 N–H and O–H groups in total. The second-order valence-corrected chi connectivity index (χ2v) is 7.23.